The van der Waals surface area contributed by atoms with Crippen molar-refractivity contribution in [3.05, 3.63) is 35.9 Å². The molecule has 0 saturated heterocycles. The Morgan fingerprint density at radius 2 is 1.94 bits per heavy atom. The second kappa shape index (κ2) is 5.41. The van der Waals surface area contributed by atoms with Gasteiger partial charge in [-0.25, -0.2) is 0 Å². The lowest BCUT2D eigenvalue weighted by Crippen LogP contribution is -2.44. The van der Waals surface area contributed by atoms with Gasteiger partial charge in [-0.1, -0.05) is 43.7 Å². The van der Waals surface area contributed by atoms with Crippen molar-refractivity contribution in [2.45, 2.75) is 45.1 Å². The standard InChI is InChI=1S/C16H26N2/c1-3-9-16(10-11-16)13-18-12-15(2,17)14-7-5-4-6-8-14/h4-8,18H,3,9-13,17H2,1-2H3. The van der Waals surface area contributed by atoms with Crippen LogP contribution in [0.25, 0.3) is 0 Å². The Labute approximate surface area is 111 Å². The van der Waals surface area contributed by atoms with E-state index in [4.69, 9.17) is 5.73 Å². The minimum atomic E-state index is -0.274. The maximum Gasteiger partial charge on any atom is 0.0507 e. The van der Waals surface area contributed by atoms with Crippen LogP contribution in [0.15, 0.2) is 30.3 Å². The number of nitrogens with two attached hydrogens (primary N) is 1. The summed E-state index contributed by atoms with van der Waals surface area (Å²) in [6, 6.07) is 10.4. The third kappa shape index (κ3) is 3.33. The summed E-state index contributed by atoms with van der Waals surface area (Å²) in [7, 11) is 0. The molecular formula is C16H26N2. The van der Waals surface area contributed by atoms with Gasteiger partial charge >= 0.3 is 0 Å². The normalized spacial score (nSPS) is 20.4. The first-order chi connectivity index (χ1) is 8.58. The van der Waals surface area contributed by atoms with E-state index in [1.807, 2.05) is 6.07 Å². The van der Waals surface area contributed by atoms with Crippen molar-refractivity contribution in [3.8, 4) is 0 Å². The Hall–Kier alpha value is -0.860. The van der Waals surface area contributed by atoms with E-state index in [1.165, 1.54) is 31.2 Å². The Bertz CT molecular complexity index is 366. The van der Waals surface area contributed by atoms with Crippen LogP contribution in [0, 0.1) is 5.41 Å². The Balaban J connectivity index is 1.83. The maximum atomic E-state index is 6.40. The zero-order chi connectivity index (χ0) is 13.1. The second-order valence-corrected chi connectivity index (χ2v) is 6.14. The fourth-order valence-electron chi connectivity index (χ4n) is 2.73. The van der Waals surface area contributed by atoms with Crippen LogP contribution in [0.1, 0.15) is 45.1 Å². The van der Waals surface area contributed by atoms with Crippen molar-refractivity contribution in [2.75, 3.05) is 13.1 Å². The fourth-order valence-corrected chi connectivity index (χ4v) is 2.73. The monoisotopic (exact) mass is 246 g/mol. The quantitative estimate of drug-likeness (QED) is 0.776. The molecule has 0 spiro atoms. The zero-order valence-corrected chi connectivity index (χ0v) is 11.7. The van der Waals surface area contributed by atoms with Gasteiger partial charge in [0.15, 0.2) is 0 Å². The van der Waals surface area contributed by atoms with Crippen LogP contribution in [-0.2, 0) is 5.54 Å². The number of benzene rings is 1. The highest BCUT2D eigenvalue weighted by Crippen LogP contribution is 2.48. The van der Waals surface area contributed by atoms with Gasteiger partial charge in [0.1, 0.15) is 0 Å². The van der Waals surface area contributed by atoms with Crippen LogP contribution >= 0.6 is 0 Å². The highest BCUT2D eigenvalue weighted by atomic mass is 14.9. The molecule has 1 aromatic carbocycles. The van der Waals surface area contributed by atoms with Gasteiger partial charge in [0.2, 0.25) is 0 Å². The number of hydrogen-bond acceptors (Lipinski definition) is 2. The molecule has 0 heterocycles. The molecule has 2 nitrogen and oxygen atoms in total. The van der Waals surface area contributed by atoms with Gasteiger partial charge in [0, 0.05) is 13.1 Å². The molecule has 1 saturated carbocycles. The minimum absolute atomic E-state index is 0.274. The molecule has 1 aliphatic carbocycles. The number of hydrogen-bond donors (Lipinski definition) is 2. The molecule has 0 radical (unpaired) electrons. The van der Waals surface area contributed by atoms with Crippen molar-refractivity contribution < 1.29 is 0 Å². The average molecular weight is 246 g/mol. The molecule has 1 aromatic rings. The molecule has 0 aromatic heterocycles. The van der Waals surface area contributed by atoms with E-state index in [9.17, 15) is 0 Å². The smallest absolute Gasteiger partial charge is 0.0507 e. The molecule has 0 bridgehead atoms. The third-order valence-electron chi connectivity index (χ3n) is 4.16. The molecule has 1 fully saturated rings. The summed E-state index contributed by atoms with van der Waals surface area (Å²) in [4.78, 5) is 0. The van der Waals surface area contributed by atoms with E-state index in [2.05, 4.69) is 43.4 Å². The van der Waals surface area contributed by atoms with E-state index in [1.54, 1.807) is 0 Å². The first kappa shape index (κ1) is 13.6. The summed E-state index contributed by atoms with van der Waals surface area (Å²) in [5, 5.41) is 3.59. The SMILES string of the molecule is CCCC1(CNCC(C)(N)c2ccccc2)CC1. The van der Waals surface area contributed by atoms with Crippen molar-refractivity contribution >= 4 is 0 Å². The summed E-state index contributed by atoms with van der Waals surface area (Å²) in [5.74, 6) is 0. The number of nitrogens with one attached hydrogen (secondary N) is 1. The van der Waals surface area contributed by atoms with Crippen LogP contribution in [0.3, 0.4) is 0 Å². The minimum Gasteiger partial charge on any atom is -0.321 e. The molecule has 1 atom stereocenters. The zero-order valence-electron chi connectivity index (χ0n) is 11.7. The molecule has 2 heteroatoms. The lowest BCUT2D eigenvalue weighted by atomic mass is 9.92. The third-order valence-corrected chi connectivity index (χ3v) is 4.16. The van der Waals surface area contributed by atoms with Crippen LogP contribution in [0.4, 0.5) is 0 Å². The lowest BCUT2D eigenvalue weighted by Gasteiger charge is -2.27. The molecule has 3 N–H and O–H groups in total. The Kier molecular flexibility index (Phi) is 4.08. The molecule has 18 heavy (non-hydrogen) atoms. The molecule has 0 amide bonds. The first-order valence-corrected chi connectivity index (χ1v) is 7.13. The first-order valence-electron chi connectivity index (χ1n) is 7.13. The summed E-state index contributed by atoms with van der Waals surface area (Å²) >= 11 is 0. The highest BCUT2D eigenvalue weighted by molar-refractivity contribution is 5.23. The van der Waals surface area contributed by atoms with Crippen LogP contribution in [0.5, 0.6) is 0 Å². The van der Waals surface area contributed by atoms with Gasteiger partial charge in [-0.15, -0.1) is 0 Å². The van der Waals surface area contributed by atoms with E-state index in [0.29, 0.717) is 5.41 Å². The largest absolute Gasteiger partial charge is 0.321 e. The van der Waals surface area contributed by atoms with E-state index in [0.717, 1.165) is 13.1 Å². The van der Waals surface area contributed by atoms with E-state index < -0.39 is 0 Å². The van der Waals surface area contributed by atoms with Crippen molar-refractivity contribution in [3.63, 3.8) is 0 Å². The average Bonchev–Trinajstić information content (AvgIpc) is 3.11. The number of rotatable bonds is 7. The van der Waals surface area contributed by atoms with Gasteiger partial charge in [0.25, 0.3) is 0 Å². The van der Waals surface area contributed by atoms with Crippen LogP contribution in [0.2, 0.25) is 0 Å². The summed E-state index contributed by atoms with van der Waals surface area (Å²) < 4.78 is 0. The topological polar surface area (TPSA) is 38.0 Å². The fraction of sp³-hybridized carbons (Fsp3) is 0.625. The van der Waals surface area contributed by atoms with Gasteiger partial charge < -0.3 is 11.1 Å². The van der Waals surface area contributed by atoms with Crippen molar-refractivity contribution in [1.82, 2.24) is 5.32 Å². The van der Waals surface area contributed by atoms with E-state index >= 15 is 0 Å². The van der Waals surface area contributed by atoms with Crippen LogP contribution < -0.4 is 11.1 Å². The molecular weight excluding hydrogens is 220 g/mol. The van der Waals surface area contributed by atoms with Crippen LogP contribution in [-0.4, -0.2) is 13.1 Å². The Morgan fingerprint density at radius 1 is 1.28 bits per heavy atom. The van der Waals surface area contributed by atoms with Gasteiger partial charge in [0.05, 0.1) is 5.54 Å². The summed E-state index contributed by atoms with van der Waals surface area (Å²) in [6.07, 6.45) is 5.42. The predicted octanol–water partition coefficient (Wildman–Crippen LogP) is 3.03. The highest BCUT2D eigenvalue weighted by Gasteiger charge is 2.41. The van der Waals surface area contributed by atoms with E-state index in [-0.39, 0.29) is 5.54 Å². The van der Waals surface area contributed by atoms with Gasteiger partial charge in [-0.3, -0.25) is 0 Å². The second-order valence-electron chi connectivity index (χ2n) is 6.14. The maximum absolute atomic E-state index is 6.40. The summed E-state index contributed by atoms with van der Waals surface area (Å²) in [5.41, 5.74) is 7.93. The molecule has 1 aliphatic rings. The molecule has 1 unspecified atom stereocenters. The van der Waals surface area contributed by atoms with Crippen molar-refractivity contribution in [2.24, 2.45) is 11.1 Å². The lowest BCUT2D eigenvalue weighted by molar-refractivity contribution is 0.376. The molecule has 0 aliphatic heterocycles. The van der Waals surface area contributed by atoms with Gasteiger partial charge in [-0.2, -0.15) is 0 Å². The van der Waals surface area contributed by atoms with Crippen molar-refractivity contribution in [1.29, 1.82) is 0 Å². The molecule has 2 rings (SSSR count). The summed E-state index contributed by atoms with van der Waals surface area (Å²) in [6.45, 7) is 6.36. The molecule has 100 valence electrons. The Morgan fingerprint density at radius 3 is 2.50 bits per heavy atom. The predicted molar refractivity (Wildman–Crippen MR) is 77.4 cm³/mol. The van der Waals surface area contributed by atoms with Gasteiger partial charge in [-0.05, 0) is 37.2 Å².